The van der Waals surface area contributed by atoms with E-state index in [9.17, 15) is 0 Å². The van der Waals surface area contributed by atoms with E-state index in [0.29, 0.717) is 25.0 Å². The first kappa shape index (κ1) is 19.7. The fraction of sp³-hybridized carbons (Fsp3) is 0.667. The van der Waals surface area contributed by atoms with Crippen molar-refractivity contribution in [1.29, 1.82) is 0 Å². The van der Waals surface area contributed by atoms with Crippen LogP contribution in [0.5, 0.6) is 0 Å². The van der Waals surface area contributed by atoms with Gasteiger partial charge in [0.2, 0.25) is 0 Å². The summed E-state index contributed by atoms with van der Waals surface area (Å²) in [6.07, 6.45) is 9.91. The summed E-state index contributed by atoms with van der Waals surface area (Å²) in [5.74, 6) is 3.15. The highest BCUT2D eigenvalue weighted by Gasteiger charge is 2.68. The molecule has 2 fully saturated rings. The fourth-order valence-corrected chi connectivity index (χ4v) is 7.46. The summed E-state index contributed by atoms with van der Waals surface area (Å²) in [7, 11) is 0. The van der Waals surface area contributed by atoms with E-state index in [1.54, 1.807) is 0 Å². The molecule has 158 valence electrons. The Morgan fingerprint density at radius 1 is 1.14 bits per heavy atom. The highest BCUT2D eigenvalue weighted by molar-refractivity contribution is 7.10. The first-order valence-corrected chi connectivity index (χ1v) is 12.2. The van der Waals surface area contributed by atoms with Gasteiger partial charge < -0.3 is 14.2 Å². The van der Waals surface area contributed by atoms with Crippen LogP contribution in [0.3, 0.4) is 0 Å². The molecule has 1 saturated heterocycles. The molecule has 0 radical (unpaired) electrons. The smallest absolute Gasteiger partial charge is 0.108 e. The van der Waals surface area contributed by atoms with Crippen molar-refractivity contribution in [3.63, 3.8) is 0 Å². The molecule has 0 aromatic carbocycles. The van der Waals surface area contributed by atoms with Crippen molar-refractivity contribution in [1.82, 2.24) is 4.90 Å². The molecule has 2 bridgehead atoms. The Hall–Kier alpha value is -1.30. The quantitative estimate of drug-likeness (QED) is 0.658. The molecule has 3 aliphatic carbocycles. The predicted octanol–water partition coefficient (Wildman–Crippen LogP) is 4.95. The number of hydrogen-bond acceptors (Lipinski definition) is 5. The first-order chi connectivity index (χ1) is 14.3. The van der Waals surface area contributed by atoms with E-state index < -0.39 is 0 Å². The van der Waals surface area contributed by atoms with Crippen LogP contribution in [-0.2, 0) is 14.2 Å². The summed E-state index contributed by atoms with van der Waals surface area (Å²) in [5.41, 5.74) is -0.128. The largest absolute Gasteiger partial charge is 0.497 e. The zero-order chi connectivity index (χ0) is 19.9. The monoisotopic (exact) mass is 415 g/mol. The number of hydrogen-bond donors (Lipinski definition) is 0. The average Bonchev–Trinajstić information content (AvgIpc) is 3.37. The van der Waals surface area contributed by atoms with E-state index in [-0.39, 0.29) is 11.0 Å². The Morgan fingerprint density at radius 2 is 1.93 bits per heavy atom. The topological polar surface area (TPSA) is 30.9 Å². The number of rotatable bonds is 6. The fourth-order valence-electron chi connectivity index (χ4n) is 6.59. The van der Waals surface area contributed by atoms with Crippen LogP contribution >= 0.6 is 11.3 Å². The van der Waals surface area contributed by atoms with Gasteiger partial charge in [-0.1, -0.05) is 18.9 Å². The minimum atomic E-state index is -0.0870. The van der Waals surface area contributed by atoms with Crippen LogP contribution in [0.4, 0.5) is 0 Å². The number of nitrogens with zero attached hydrogens (tertiary/aromatic N) is 1. The molecule has 2 heterocycles. The van der Waals surface area contributed by atoms with Gasteiger partial charge in [-0.3, -0.25) is 4.90 Å². The lowest BCUT2D eigenvalue weighted by atomic mass is 9.55. The third-order valence-corrected chi connectivity index (χ3v) is 8.49. The average molecular weight is 416 g/mol. The second kappa shape index (κ2) is 7.75. The van der Waals surface area contributed by atoms with Crippen LogP contribution in [0.2, 0.25) is 0 Å². The van der Waals surface area contributed by atoms with Crippen molar-refractivity contribution in [2.75, 3.05) is 39.5 Å². The van der Waals surface area contributed by atoms with Gasteiger partial charge in [0.1, 0.15) is 11.5 Å². The SMILES string of the molecule is CCOC1=C[C@@H](c2cccs2)[C@@]2(N3CCOCC3)C=C(OCC)[C@]13CCCC[C@H]32. The van der Waals surface area contributed by atoms with Gasteiger partial charge in [-0.05, 0) is 50.3 Å². The molecule has 29 heavy (non-hydrogen) atoms. The van der Waals surface area contributed by atoms with Gasteiger partial charge in [0, 0.05) is 29.8 Å². The van der Waals surface area contributed by atoms with E-state index in [1.165, 1.54) is 35.7 Å². The highest BCUT2D eigenvalue weighted by atomic mass is 32.1. The van der Waals surface area contributed by atoms with E-state index in [2.05, 4.69) is 48.4 Å². The normalized spacial score (nSPS) is 36.9. The van der Waals surface area contributed by atoms with Gasteiger partial charge >= 0.3 is 0 Å². The predicted molar refractivity (Wildman–Crippen MR) is 116 cm³/mol. The number of morpholine rings is 1. The maximum absolute atomic E-state index is 6.42. The Bertz CT molecular complexity index is 782. The van der Waals surface area contributed by atoms with Crippen molar-refractivity contribution in [2.45, 2.75) is 51.0 Å². The minimum Gasteiger partial charge on any atom is -0.497 e. The molecule has 5 heteroatoms. The van der Waals surface area contributed by atoms with Crippen molar-refractivity contribution < 1.29 is 14.2 Å². The summed E-state index contributed by atoms with van der Waals surface area (Å²) >= 11 is 1.87. The summed E-state index contributed by atoms with van der Waals surface area (Å²) in [6.45, 7) is 9.25. The highest BCUT2D eigenvalue weighted by Crippen LogP contribution is 2.68. The molecule has 0 amide bonds. The van der Waals surface area contributed by atoms with E-state index >= 15 is 0 Å². The van der Waals surface area contributed by atoms with Crippen LogP contribution in [-0.4, -0.2) is 50.0 Å². The maximum atomic E-state index is 6.42. The van der Waals surface area contributed by atoms with Gasteiger partial charge in [-0.2, -0.15) is 0 Å². The lowest BCUT2D eigenvalue weighted by Crippen LogP contribution is -2.62. The molecule has 1 saturated carbocycles. The van der Waals surface area contributed by atoms with Gasteiger partial charge in [0.05, 0.1) is 37.4 Å². The van der Waals surface area contributed by atoms with Gasteiger partial charge in [0.25, 0.3) is 0 Å². The molecular formula is C24H33NO3S. The molecule has 0 spiro atoms. The van der Waals surface area contributed by atoms with Crippen LogP contribution in [0.25, 0.3) is 0 Å². The lowest BCUT2D eigenvalue weighted by Gasteiger charge is -2.57. The summed E-state index contributed by atoms with van der Waals surface area (Å²) < 4.78 is 18.6. The summed E-state index contributed by atoms with van der Waals surface area (Å²) in [6, 6.07) is 4.49. The Morgan fingerprint density at radius 3 is 2.66 bits per heavy atom. The van der Waals surface area contributed by atoms with Crippen LogP contribution in [0, 0.1) is 11.3 Å². The van der Waals surface area contributed by atoms with Crippen LogP contribution in [0.1, 0.15) is 50.3 Å². The maximum Gasteiger partial charge on any atom is 0.108 e. The van der Waals surface area contributed by atoms with Crippen LogP contribution in [0.15, 0.2) is 41.2 Å². The molecule has 1 aromatic rings. The van der Waals surface area contributed by atoms with Gasteiger partial charge in [-0.15, -0.1) is 11.3 Å². The Balaban J connectivity index is 1.74. The van der Waals surface area contributed by atoms with Crippen molar-refractivity contribution >= 4 is 11.3 Å². The summed E-state index contributed by atoms with van der Waals surface area (Å²) in [5, 5.41) is 2.21. The molecule has 0 unspecified atom stereocenters. The lowest BCUT2D eigenvalue weighted by molar-refractivity contribution is -0.0741. The molecule has 4 atom stereocenters. The molecule has 4 nitrogen and oxygen atoms in total. The zero-order valence-corrected chi connectivity index (χ0v) is 18.5. The van der Waals surface area contributed by atoms with Crippen molar-refractivity contribution in [3.8, 4) is 0 Å². The Labute approximate surface area is 178 Å². The zero-order valence-electron chi connectivity index (χ0n) is 17.7. The molecule has 0 N–H and O–H groups in total. The molecule has 4 aliphatic rings. The first-order valence-electron chi connectivity index (χ1n) is 11.3. The third-order valence-electron chi connectivity index (χ3n) is 7.53. The van der Waals surface area contributed by atoms with Crippen molar-refractivity contribution in [3.05, 3.63) is 46.1 Å². The van der Waals surface area contributed by atoms with Crippen molar-refractivity contribution in [2.24, 2.45) is 11.3 Å². The van der Waals surface area contributed by atoms with E-state index in [4.69, 9.17) is 14.2 Å². The summed E-state index contributed by atoms with van der Waals surface area (Å²) in [4.78, 5) is 4.15. The number of ether oxygens (including phenoxy) is 3. The second-order valence-corrected chi connectivity index (χ2v) is 9.63. The molecule has 1 aromatic heterocycles. The van der Waals surface area contributed by atoms with Gasteiger partial charge in [0.15, 0.2) is 0 Å². The van der Waals surface area contributed by atoms with Crippen LogP contribution < -0.4 is 0 Å². The molecule has 1 aliphatic heterocycles. The molecular weight excluding hydrogens is 382 g/mol. The van der Waals surface area contributed by atoms with E-state index in [0.717, 1.165) is 32.7 Å². The number of thiophene rings is 1. The third kappa shape index (κ3) is 2.77. The Kier molecular flexibility index (Phi) is 5.25. The molecule has 5 rings (SSSR count). The van der Waals surface area contributed by atoms with Gasteiger partial charge in [-0.25, -0.2) is 0 Å². The minimum absolute atomic E-state index is 0.0415. The second-order valence-electron chi connectivity index (χ2n) is 8.66. The standard InChI is InChI=1S/C24H33NO3S/c1-3-27-21-16-18(19-8-7-15-29-19)24(25-11-13-26-14-12-25)17-22(28-4-2)23(21)10-6-5-9-20(23)24/h7-8,15-18,20H,3-6,9-14H2,1-2H3/t18-,20+,23-,24-/m0/s1. The van der Waals surface area contributed by atoms with E-state index in [1.807, 2.05) is 11.3 Å².